The van der Waals surface area contributed by atoms with Gasteiger partial charge in [0.05, 0.1) is 6.04 Å². The number of nitrogens with zero attached hydrogens (tertiary/aromatic N) is 4. The molecule has 0 amide bonds. The predicted octanol–water partition coefficient (Wildman–Crippen LogP) is 2.72. The molecule has 6 nitrogen and oxygen atoms in total. The van der Waals surface area contributed by atoms with Gasteiger partial charge in [-0.15, -0.1) is 12.4 Å². The van der Waals surface area contributed by atoms with E-state index in [-0.39, 0.29) is 18.4 Å². The summed E-state index contributed by atoms with van der Waals surface area (Å²) in [6.07, 6.45) is 2.01. The van der Waals surface area contributed by atoms with Crippen LogP contribution in [0.1, 0.15) is 17.8 Å². The van der Waals surface area contributed by atoms with Gasteiger partial charge in [-0.2, -0.15) is 4.98 Å². The number of nitrogens with one attached hydrogen (secondary N) is 1. The molecule has 1 atom stereocenters. The van der Waals surface area contributed by atoms with Crippen LogP contribution in [-0.2, 0) is 6.54 Å². The number of benzene rings is 1. The van der Waals surface area contributed by atoms with Crippen molar-refractivity contribution in [2.75, 3.05) is 26.7 Å². The number of rotatable bonds is 3. The Morgan fingerprint density at radius 2 is 2.25 bits per heavy atom. The Bertz CT molecular complexity index is 831. The van der Waals surface area contributed by atoms with Crippen LogP contribution in [0, 0.1) is 0 Å². The number of hydrogen-bond donors (Lipinski definition) is 1. The van der Waals surface area contributed by atoms with E-state index < -0.39 is 0 Å². The van der Waals surface area contributed by atoms with E-state index in [2.05, 4.69) is 38.0 Å². The summed E-state index contributed by atoms with van der Waals surface area (Å²) in [5.41, 5.74) is 1.06. The number of likely N-dealkylation sites (N-methyl/N-ethyl adjacent to an activating group) is 1. The predicted molar refractivity (Wildman–Crippen MR) is 95.8 cm³/mol. The Labute approximate surface area is 151 Å². The summed E-state index contributed by atoms with van der Waals surface area (Å²) in [6, 6.07) is 8.08. The second-order valence-electron chi connectivity index (χ2n) is 5.89. The first-order chi connectivity index (χ1) is 11.2. The molecule has 1 saturated heterocycles. The number of halogens is 2. The highest BCUT2D eigenvalue weighted by molar-refractivity contribution is 6.31. The summed E-state index contributed by atoms with van der Waals surface area (Å²) in [6.45, 7) is 3.36. The SMILES string of the molecule is CN1CCNCC1c1noc(Cn2ccc3ccc(Cl)cc32)n1.Cl. The topological polar surface area (TPSA) is 59.1 Å². The Morgan fingerprint density at radius 3 is 3.08 bits per heavy atom. The normalized spacial score (nSPS) is 18.7. The molecule has 0 bridgehead atoms. The molecule has 1 N–H and O–H groups in total. The molecule has 3 heterocycles. The minimum Gasteiger partial charge on any atom is -0.338 e. The number of piperazine rings is 1. The van der Waals surface area contributed by atoms with E-state index in [1.54, 1.807) is 0 Å². The molecule has 8 heteroatoms. The maximum absolute atomic E-state index is 6.10. The summed E-state index contributed by atoms with van der Waals surface area (Å²) in [5, 5.41) is 9.39. The standard InChI is InChI=1S/C16H18ClN5O.ClH/c1-21-7-5-18-9-14(21)16-19-15(23-20-16)10-22-6-4-11-2-3-12(17)8-13(11)22;/h2-4,6,8,14,18H,5,7,9-10H2,1H3;1H. The van der Waals surface area contributed by atoms with E-state index in [9.17, 15) is 0 Å². The molecule has 1 aliphatic rings. The van der Waals surface area contributed by atoms with Gasteiger partial charge in [0.15, 0.2) is 5.82 Å². The van der Waals surface area contributed by atoms with Crippen LogP contribution in [0.15, 0.2) is 35.0 Å². The average molecular weight is 368 g/mol. The smallest absolute Gasteiger partial charge is 0.246 e. The van der Waals surface area contributed by atoms with Crippen molar-refractivity contribution in [2.24, 2.45) is 0 Å². The van der Waals surface area contributed by atoms with E-state index >= 15 is 0 Å². The lowest BCUT2D eigenvalue weighted by molar-refractivity contribution is 0.190. The molecule has 1 unspecified atom stereocenters. The van der Waals surface area contributed by atoms with Crippen LogP contribution >= 0.6 is 24.0 Å². The van der Waals surface area contributed by atoms with Gasteiger partial charge in [0, 0.05) is 36.4 Å². The van der Waals surface area contributed by atoms with Crippen LogP contribution in [0.5, 0.6) is 0 Å². The summed E-state index contributed by atoms with van der Waals surface area (Å²) in [4.78, 5) is 6.82. The van der Waals surface area contributed by atoms with Crippen molar-refractivity contribution in [3.8, 4) is 0 Å². The molecule has 0 aliphatic carbocycles. The van der Waals surface area contributed by atoms with Crippen molar-refractivity contribution < 1.29 is 4.52 Å². The van der Waals surface area contributed by atoms with Gasteiger partial charge < -0.3 is 14.4 Å². The maximum Gasteiger partial charge on any atom is 0.246 e. The molecule has 1 fully saturated rings. The first-order valence-corrected chi connectivity index (χ1v) is 8.06. The van der Waals surface area contributed by atoms with Crippen LogP contribution in [-0.4, -0.2) is 46.3 Å². The second kappa shape index (κ2) is 7.11. The van der Waals surface area contributed by atoms with E-state index in [0.29, 0.717) is 12.4 Å². The van der Waals surface area contributed by atoms with Crippen LogP contribution < -0.4 is 5.32 Å². The summed E-state index contributed by atoms with van der Waals surface area (Å²) in [7, 11) is 2.09. The lowest BCUT2D eigenvalue weighted by atomic mass is 10.2. The lowest BCUT2D eigenvalue weighted by Crippen LogP contribution is -2.44. The second-order valence-corrected chi connectivity index (χ2v) is 6.33. The van der Waals surface area contributed by atoms with E-state index in [0.717, 1.165) is 41.4 Å². The zero-order valence-corrected chi connectivity index (χ0v) is 14.8. The molecule has 128 valence electrons. The van der Waals surface area contributed by atoms with Crippen molar-refractivity contribution in [3.63, 3.8) is 0 Å². The van der Waals surface area contributed by atoms with Crippen LogP contribution in [0.2, 0.25) is 5.02 Å². The molecule has 2 aromatic heterocycles. The number of fused-ring (bicyclic) bond motifs is 1. The van der Waals surface area contributed by atoms with Gasteiger partial charge in [0.25, 0.3) is 0 Å². The van der Waals surface area contributed by atoms with E-state index in [1.807, 2.05) is 24.4 Å². The first kappa shape index (κ1) is 17.2. The van der Waals surface area contributed by atoms with Gasteiger partial charge in [-0.1, -0.05) is 22.8 Å². The molecule has 1 aliphatic heterocycles. The third-order valence-electron chi connectivity index (χ3n) is 4.33. The van der Waals surface area contributed by atoms with Gasteiger partial charge in [-0.3, -0.25) is 4.90 Å². The summed E-state index contributed by atoms with van der Waals surface area (Å²) >= 11 is 6.10. The number of hydrogen-bond acceptors (Lipinski definition) is 5. The Morgan fingerprint density at radius 1 is 1.38 bits per heavy atom. The summed E-state index contributed by atoms with van der Waals surface area (Å²) < 4.78 is 7.52. The highest BCUT2D eigenvalue weighted by atomic mass is 35.5. The van der Waals surface area contributed by atoms with Gasteiger partial charge in [-0.25, -0.2) is 0 Å². The van der Waals surface area contributed by atoms with Gasteiger partial charge in [0.1, 0.15) is 6.54 Å². The van der Waals surface area contributed by atoms with Gasteiger partial charge in [0.2, 0.25) is 5.89 Å². The van der Waals surface area contributed by atoms with Crippen molar-refractivity contribution >= 4 is 34.9 Å². The van der Waals surface area contributed by atoms with Crippen LogP contribution in [0.3, 0.4) is 0 Å². The third-order valence-corrected chi connectivity index (χ3v) is 4.57. The van der Waals surface area contributed by atoms with E-state index in [4.69, 9.17) is 16.1 Å². The van der Waals surface area contributed by atoms with Crippen molar-refractivity contribution in [3.05, 3.63) is 47.2 Å². The quantitative estimate of drug-likeness (QED) is 0.771. The van der Waals surface area contributed by atoms with Crippen LogP contribution in [0.25, 0.3) is 10.9 Å². The molecule has 3 aromatic rings. The molecule has 0 saturated carbocycles. The Kier molecular flexibility index (Phi) is 5.10. The maximum atomic E-state index is 6.10. The number of aromatic nitrogens is 3. The Balaban J connectivity index is 0.00000169. The van der Waals surface area contributed by atoms with E-state index in [1.165, 1.54) is 0 Å². The van der Waals surface area contributed by atoms with Crippen molar-refractivity contribution in [2.45, 2.75) is 12.6 Å². The van der Waals surface area contributed by atoms with Gasteiger partial charge >= 0.3 is 0 Å². The fraction of sp³-hybridized carbons (Fsp3) is 0.375. The molecule has 0 radical (unpaired) electrons. The molecule has 1 aromatic carbocycles. The van der Waals surface area contributed by atoms with Crippen molar-refractivity contribution in [1.29, 1.82) is 0 Å². The highest BCUT2D eigenvalue weighted by Crippen LogP contribution is 2.22. The van der Waals surface area contributed by atoms with Crippen molar-refractivity contribution in [1.82, 2.24) is 24.9 Å². The third kappa shape index (κ3) is 3.28. The fourth-order valence-electron chi connectivity index (χ4n) is 3.00. The zero-order valence-electron chi connectivity index (χ0n) is 13.3. The Hall–Kier alpha value is -1.60. The molecule has 24 heavy (non-hydrogen) atoms. The highest BCUT2D eigenvalue weighted by Gasteiger charge is 2.25. The minimum atomic E-state index is 0. The molecule has 4 rings (SSSR count). The van der Waals surface area contributed by atoms with Crippen LogP contribution in [0.4, 0.5) is 0 Å². The fourth-order valence-corrected chi connectivity index (χ4v) is 3.17. The average Bonchev–Trinajstić information content (AvgIpc) is 3.16. The zero-order chi connectivity index (χ0) is 15.8. The lowest BCUT2D eigenvalue weighted by Gasteiger charge is -2.30. The largest absolute Gasteiger partial charge is 0.338 e. The van der Waals surface area contributed by atoms with Gasteiger partial charge in [-0.05, 0) is 30.6 Å². The molecular formula is C16H19Cl2N5O. The summed E-state index contributed by atoms with van der Waals surface area (Å²) in [5.74, 6) is 1.35. The monoisotopic (exact) mass is 367 g/mol. The molecular weight excluding hydrogens is 349 g/mol. The molecule has 0 spiro atoms. The first-order valence-electron chi connectivity index (χ1n) is 7.68. The minimum absolute atomic E-state index is 0.